The molecule has 1 unspecified atom stereocenters. The van der Waals surface area contributed by atoms with Crippen molar-refractivity contribution in [2.24, 2.45) is 0 Å². The van der Waals surface area contributed by atoms with Gasteiger partial charge >= 0.3 is 0 Å². The van der Waals surface area contributed by atoms with Gasteiger partial charge in [0.15, 0.2) is 0 Å². The van der Waals surface area contributed by atoms with E-state index in [1.54, 1.807) is 0 Å². The van der Waals surface area contributed by atoms with E-state index in [9.17, 15) is 4.79 Å². The van der Waals surface area contributed by atoms with Crippen LogP contribution in [0.5, 0.6) is 0 Å². The third-order valence-electron chi connectivity index (χ3n) is 1.30. The van der Waals surface area contributed by atoms with Crippen molar-refractivity contribution >= 4 is 5.91 Å². The minimum absolute atomic E-state index is 0.0994. The lowest BCUT2D eigenvalue weighted by molar-refractivity contribution is -0.131. The minimum Gasteiger partial charge on any atom is -0.394 e. The summed E-state index contributed by atoms with van der Waals surface area (Å²) >= 11 is 0. The maximum atomic E-state index is 10.8. The molecule has 0 aromatic carbocycles. The molecular weight excluding hydrogens is 162 g/mol. The lowest BCUT2D eigenvalue weighted by Crippen LogP contribution is -2.38. The molecule has 5 nitrogen and oxygen atoms in total. The second-order valence-electron chi connectivity index (χ2n) is 2.24. The number of amides is 1. The van der Waals surface area contributed by atoms with E-state index in [1.807, 2.05) is 0 Å². The highest BCUT2D eigenvalue weighted by atomic mass is 16.3. The molecule has 0 aromatic rings. The van der Waals surface area contributed by atoms with Crippen molar-refractivity contribution in [2.45, 2.75) is 6.10 Å². The minimum atomic E-state index is -1.03. The van der Waals surface area contributed by atoms with Gasteiger partial charge in [-0.3, -0.25) is 4.79 Å². The molecule has 5 heteroatoms. The van der Waals surface area contributed by atoms with Gasteiger partial charge < -0.3 is 20.2 Å². The molecule has 12 heavy (non-hydrogen) atoms. The van der Waals surface area contributed by atoms with Crippen molar-refractivity contribution in [3.05, 3.63) is 12.7 Å². The second-order valence-corrected chi connectivity index (χ2v) is 2.24. The van der Waals surface area contributed by atoms with E-state index in [2.05, 4.69) is 6.58 Å². The Kier molecular flexibility index (Phi) is 5.27. The number of hydrogen-bond acceptors (Lipinski definition) is 4. The Balaban J connectivity index is 3.98. The van der Waals surface area contributed by atoms with E-state index in [4.69, 9.17) is 15.3 Å². The molecule has 0 fully saturated rings. The standard InChI is InChI=1S/C7H13NO4/c1-2-7(12)8(5-10)3-6(11)4-9/h2,6,9-11H,1,3-5H2. The van der Waals surface area contributed by atoms with Gasteiger partial charge in [-0.1, -0.05) is 6.58 Å². The summed E-state index contributed by atoms with van der Waals surface area (Å²) in [6, 6.07) is 0. The first-order valence-corrected chi connectivity index (χ1v) is 3.46. The monoisotopic (exact) mass is 175 g/mol. The van der Waals surface area contributed by atoms with Crippen molar-refractivity contribution in [3.63, 3.8) is 0 Å². The number of carbonyl (C=O) groups is 1. The van der Waals surface area contributed by atoms with Crippen molar-refractivity contribution in [2.75, 3.05) is 19.9 Å². The average Bonchev–Trinajstić information content (AvgIpc) is 2.12. The Bertz CT molecular complexity index is 159. The van der Waals surface area contributed by atoms with Crippen LogP contribution in [0, 0.1) is 0 Å². The van der Waals surface area contributed by atoms with E-state index in [-0.39, 0.29) is 6.54 Å². The van der Waals surface area contributed by atoms with Crippen LogP contribution in [-0.4, -0.2) is 52.1 Å². The van der Waals surface area contributed by atoms with Crippen LogP contribution in [0.4, 0.5) is 0 Å². The molecule has 0 heterocycles. The highest BCUT2D eigenvalue weighted by Gasteiger charge is 2.12. The van der Waals surface area contributed by atoms with Gasteiger partial charge in [0.25, 0.3) is 0 Å². The second kappa shape index (κ2) is 5.70. The molecule has 0 saturated heterocycles. The summed E-state index contributed by atoms with van der Waals surface area (Å²) in [6.07, 6.45) is 0.00128. The van der Waals surface area contributed by atoms with Crippen LogP contribution in [0.1, 0.15) is 0 Å². The Morgan fingerprint density at radius 2 is 2.17 bits per heavy atom. The van der Waals surface area contributed by atoms with Crippen LogP contribution in [-0.2, 0) is 4.79 Å². The van der Waals surface area contributed by atoms with Gasteiger partial charge in [0.05, 0.1) is 19.3 Å². The number of hydrogen-bond donors (Lipinski definition) is 3. The summed E-state index contributed by atoms with van der Waals surface area (Å²) in [5, 5.41) is 26.0. The maximum absolute atomic E-state index is 10.8. The van der Waals surface area contributed by atoms with E-state index in [0.717, 1.165) is 11.0 Å². The molecule has 0 rings (SSSR count). The van der Waals surface area contributed by atoms with E-state index in [0.29, 0.717) is 0 Å². The van der Waals surface area contributed by atoms with Gasteiger partial charge in [-0.05, 0) is 6.08 Å². The molecule has 0 bridgehead atoms. The zero-order valence-electron chi connectivity index (χ0n) is 6.68. The van der Waals surface area contributed by atoms with Crippen LogP contribution < -0.4 is 0 Å². The van der Waals surface area contributed by atoms with E-state index in [1.165, 1.54) is 0 Å². The summed E-state index contributed by atoms with van der Waals surface area (Å²) in [5.74, 6) is -0.481. The topological polar surface area (TPSA) is 81.0 Å². The Labute approximate surface area is 70.5 Å². The quantitative estimate of drug-likeness (QED) is 0.344. The third kappa shape index (κ3) is 3.47. The molecule has 0 spiro atoms. The van der Waals surface area contributed by atoms with Crippen LogP contribution in [0.3, 0.4) is 0 Å². The molecule has 0 aliphatic rings. The van der Waals surface area contributed by atoms with Crippen molar-refractivity contribution in [1.29, 1.82) is 0 Å². The largest absolute Gasteiger partial charge is 0.394 e. The molecule has 1 amide bonds. The van der Waals surface area contributed by atoms with Gasteiger partial charge in [-0.15, -0.1) is 0 Å². The fourth-order valence-electron chi connectivity index (χ4n) is 0.659. The summed E-state index contributed by atoms with van der Waals surface area (Å²) in [4.78, 5) is 11.8. The normalized spacial score (nSPS) is 12.2. The number of carbonyl (C=O) groups excluding carboxylic acids is 1. The zero-order chi connectivity index (χ0) is 9.56. The Hall–Kier alpha value is -0.910. The summed E-state index contributed by atoms with van der Waals surface area (Å²) in [7, 11) is 0. The fraction of sp³-hybridized carbons (Fsp3) is 0.571. The van der Waals surface area contributed by atoms with Crippen LogP contribution in [0.2, 0.25) is 0 Å². The van der Waals surface area contributed by atoms with Crippen LogP contribution in [0.15, 0.2) is 12.7 Å². The SMILES string of the molecule is C=CC(=O)N(CO)CC(O)CO. The summed E-state index contributed by atoms with van der Waals surface area (Å²) in [5.41, 5.74) is 0. The first-order chi connectivity index (χ1) is 5.65. The molecule has 0 aliphatic heterocycles. The average molecular weight is 175 g/mol. The fourth-order valence-corrected chi connectivity index (χ4v) is 0.659. The van der Waals surface area contributed by atoms with Crippen molar-refractivity contribution in [3.8, 4) is 0 Å². The summed E-state index contributed by atoms with van der Waals surface area (Å²) in [6.45, 7) is 2.18. The predicted octanol–water partition coefficient (Wildman–Crippen LogP) is -1.70. The zero-order valence-corrected chi connectivity index (χ0v) is 6.68. The highest BCUT2D eigenvalue weighted by molar-refractivity contribution is 5.86. The summed E-state index contributed by atoms with van der Waals surface area (Å²) < 4.78 is 0. The van der Waals surface area contributed by atoms with E-state index < -0.39 is 25.3 Å². The van der Waals surface area contributed by atoms with Crippen LogP contribution in [0.25, 0.3) is 0 Å². The number of nitrogens with zero attached hydrogens (tertiary/aromatic N) is 1. The van der Waals surface area contributed by atoms with Gasteiger partial charge in [-0.25, -0.2) is 0 Å². The molecule has 0 aliphatic carbocycles. The van der Waals surface area contributed by atoms with Gasteiger partial charge in [-0.2, -0.15) is 0 Å². The molecular formula is C7H13NO4. The number of rotatable bonds is 5. The molecule has 3 N–H and O–H groups in total. The molecule has 70 valence electrons. The van der Waals surface area contributed by atoms with Crippen LogP contribution >= 0.6 is 0 Å². The lowest BCUT2D eigenvalue weighted by Gasteiger charge is -2.20. The molecule has 0 saturated carbocycles. The van der Waals surface area contributed by atoms with Gasteiger partial charge in [0, 0.05) is 0 Å². The lowest BCUT2D eigenvalue weighted by atomic mass is 10.3. The van der Waals surface area contributed by atoms with E-state index >= 15 is 0 Å². The van der Waals surface area contributed by atoms with Crippen molar-refractivity contribution in [1.82, 2.24) is 4.90 Å². The number of aliphatic hydroxyl groups is 3. The van der Waals surface area contributed by atoms with Crippen molar-refractivity contribution < 1.29 is 20.1 Å². The Morgan fingerprint density at radius 1 is 1.58 bits per heavy atom. The predicted molar refractivity (Wildman–Crippen MR) is 42.1 cm³/mol. The first kappa shape index (κ1) is 11.1. The highest BCUT2D eigenvalue weighted by Crippen LogP contribution is 1.92. The first-order valence-electron chi connectivity index (χ1n) is 3.46. The molecule has 0 aromatic heterocycles. The Morgan fingerprint density at radius 3 is 2.50 bits per heavy atom. The number of aliphatic hydroxyl groups excluding tert-OH is 3. The smallest absolute Gasteiger partial charge is 0.247 e. The van der Waals surface area contributed by atoms with Gasteiger partial charge in [0.2, 0.25) is 5.91 Å². The molecule has 1 atom stereocenters. The third-order valence-corrected chi connectivity index (χ3v) is 1.30. The maximum Gasteiger partial charge on any atom is 0.247 e. The van der Waals surface area contributed by atoms with Gasteiger partial charge in [0.1, 0.15) is 6.73 Å². The molecule has 0 radical (unpaired) electrons.